The fraction of sp³-hybridized carbons (Fsp3) is 0.429. The highest BCUT2D eigenvalue weighted by atomic mass is 35.5. The van der Waals surface area contributed by atoms with Crippen LogP contribution in [0, 0.1) is 5.92 Å². The number of halogens is 1. The van der Waals surface area contributed by atoms with Crippen molar-refractivity contribution in [1.82, 2.24) is 10.1 Å². The maximum absolute atomic E-state index is 12.2. The van der Waals surface area contributed by atoms with Crippen LogP contribution in [0.3, 0.4) is 0 Å². The molecule has 0 bridgehead atoms. The molecule has 1 unspecified atom stereocenters. The smallest absolute Gasteiger partial charge is 0.239 e. The normalized spacial score (nSPS) is 12.8. The van der Waals surface area contributed by atoms with E-state index >= 15 is 0 Å². The average molecular weight is 313 g/mol. The Balaban J connectivity index is 1.98. The molecule has 108 valence electrons. The second kappa shape index (κ2) is 6.99. The predicted octanol–water partition coefficient (Wildman–Crippen LogP) is 3.62. The molecule has 0 spiro atoms. The Morgan fingerprint density at radius 2 is 2.20 bits per heavy atom. The molecule has 20 heavy (non-hydrogen) atoms. The fourth-order valence-electron chi connectivity index (χ4n) is 1.67. The Bertz CT molecular complexity index is 598. The van der Waals surface area contributed by atoms with E-state index in [0.717, 1.165) is 12.8 Å². The van der Waals surface area contributed by atoms with Crippen LogP contribution in [0.4, 0.5) is 0 Å². The molecule has 1 aromatic heterocycles. The van der Waals surface area contributed by atoms with Crippen molar-refractivity contribution in [1.29, 1.82) is 0 Å². The second-order valence-electron chi connectivity index (χ2n) is 4.98. The van der Waals surface area contributed by atoms with Crippen LogP contribution < -0.4 is 0 Å². The van der Waals surface area contributed by atoms with Crippen LogP contribution in [-0.4, -0.2) is 14.3 Å². The van der Waals surface area contributed by atoms with Crippen LogP contribution in [0.25, 0.3) is 0 Å². The maximum atomic E-state index is 12.2. The molecular weight excluding hydrogens is 296 g/mol. The van der Waals surface area contributed by atoms with Crippen molar-refractivity contribution in [3.8, 4) is 0 Å². The topological polar surface area (TPSA) is 56.0 Å². The molecule has 0 saturated carbocycles. The molecule has 0 saturated heterocycles. The summed E-state index contributed by atoms with van der Waals surface area (Å²) in [5, 5.41) is 4.47. The number of aryl methyl sites for hydroxylation is 1. The summed E-state index contributed by atoms with van der Waals surface area (Å²) < 4.78 is 17.3. The summed E-state index contributed by atoms with van der Waals surface area (Å²) in [4.78, 5) is 4.93. The molecular formula is C14H17ClN2O2S. The lowest BCUT2D eigenvalue weighted by Crippen LogP contribution is -1.98. The maximum Gasteiger partial charge on any atom is 0.239 e. The van der Waals surface area contributed by atoms with E-state index in [1.165, 1.54) is 0 Å². The summed E-state index contributed by atoms with van der Waals surface area (Å²) in [7, 11) is -1.22. The van der Waals surface area contributed by atoms with Crippen molar-refractivity contribution in [3.05, 3.63) is 41.0 Å². The zero-order valence-corrected chi connectivity index (χ0v) is 13.1. The zero-order valence-electron chi connectivity index (χ0n) is 11.5. The third-order valence-electron chi connectivity index (χ3n) is 2.77. The van der Waals surface area contributed by atoms with E-state index in [-0.39, 0.29) is 5.75 Å². The van der Waals surface area contributed by atoms with Crippen molar-refractivity contribution < 1.29 is 8.73 Å². The molecule has 2 rings (SSSR count). The number of aromatic nitrogens is 2. The summed E-state index contributed by atoms with van der Waals surface area (Å²) in [6, 6.07) is 6.99. The van der Waals surface area contributed by atoms with Crippen LogP contribution >= 0.6 is 11.6 Å². The highest BCUT2D eigenvalue weighted by Crippen LogP contribution is 2.16. The molecule has 2 aromatic rings. The highest BCUT2D eigenvalue weighted by molar-refractivity contribution is 7.84. The number of hydrogen-bond donors (Lipinski definition) is 0. The standard InChI is InChI=1S/C14H17ClN2O2S/c1-10(2)6-7-13-16-14(19-17-13)9-20(18)12-5-3-4-11(15)8-12/h3-5,8,10H,6-7,9H2,1-2H3. The summed E-state index contributed by atoms with van der Waals surface area (Å²) in [5.41, 5.74) is 0. The van der Waals surface area contributed by atoms with Crippen molar-refractivity contribution in [2.24, 2.45) is 5.92 Å². The van der Waals surface area contributed by atoms with E-state index in [1.54, 1.807) is 24.3 Å². The van der Waals surface area contributed by atoms with Crippen molar-refractivity contribution in [2.45, 2.75) is 37.3 Å². The van der Waals surface area contributed by atoms with Gasteiger partial charge in [-0.1, -0.05) is 36.7 Å². The van der Waals surface area contributed by atoms with Crippen molar-refractivity contribution in [3.63, 3.8) is 0 Å². The molecule has 0 radical (unpaired) electrons. The molecule has 0 N–H and O–H groups in total. The lowest BCUT2D eigenvalue weighted by Gasteiger charge is -1.99. The van der Waals surface area contributed by atoms with Gasteiger partial charge in [0.1, 0.15) is 5.75 Å². The van der Waals surface area contributed by atoms with Crippen molar-refractivity contribution in [2.75, 3.05) is 0 Å². The first-order valence-corrected chi connectivity index (χ1v) is 8.19. The first kappa shape index (κ1) is 15.2. The van der Waals surface area contributed by atoms with Crippen LogP contribution in [-0.2, 0) is 23.0 Å². The van der Waals surface area contributed by atoms with Gasteiger partial charge in [-0.05, 0) is 30.5 Å². The predicted molar refractivity (Wildman–Crippen MR) is 79.0 cm³/mol. The third-order valence-corrected chi connectivity index (χ3v) is 4.29. The number of nitrogens with zero attached hydrogens (tertiary/aromatic N) is 2. The Kier molecular flexibility index (Phi) is 5.31. The van der Waals surface area contributed by atoms with Gasteiger partial charge in [0.2, 0.25) is 5.89 Å². The molecule has 0 fully saturated rings. The van der Waals surface area contributed by atoms with Gasteiger partial charge >= 0.3 is 0 Å². The Hall–Kier alpha value is -1.20. The van der Waals surface area contributed by atoms with Gasteiger partial charge in [0, 0.05) is 16.3 Å². The lowest BCUT2D eigenvalue weighted by atomic mass is 10.1. The number of rotatable bonds is 6. The Morgan fingerprint density at radius 1 is 1.40 bits per heavy atom. The SMILES string of the molecule is CC(C)CCc1noc(CS(=O)c2cccc(Cl)c2)n1. The van der Waals surface area contributed by atoms with E-state index in [0.29, 0.717) is 27.6 Å². The first-order chi connectivity index (χ1) is 9.54. The Labute approximate surface area is 126 Å². The molecule has 1 heterocycles. The summed E-state index contributed by atoms with van der Waals surface area (Å²) in [6.45, 7) is 4.30. The second-order valence-corrected chi connectivity index (χ2v) is 6.87. The first-order valence-electron chi connectivity index (χ1n) is 6.50. The summed E-state index contributed by atoms with van der Waals surface area (Å²) in [6.07, 6.45) is 1.79. The molecule has 4 nitrogen and oxygen atoms in total. The molecule has 1 atom stereocenters. The molecule has 0 aliphatic carbocycles. The van der Waals surface area contributed by atoms with Crippen LogP contribution in [0.15, 0.2) is 33.7 Å². The average Bonchev–Trinajstić information content (AvgIpc) is 2.84. The molecule has 0 amide bonds. The van der Waals surface area contributed by atoms with Gasteiger partial charge < -0.3 is 4.52 Å². The minimum absolute atomic E-state index is 0.217. The van der Waals surface area contributed by atoms with E-state index < -0.39 is 10.8 Å². The molecule has 0 aliphatic heterocycles. The molecule has 1 aromatic carbocycles. The monoisotopic (exact) mass is 312 g/mol. The minimum Gasteiger partial charge on any atom is -0.338 e. The quantitative estimate of drug-likeness (QED) is 0.817. The largest absolute Gasteiger partial charge is 0.338 e. The van der Waals surface area contributed by atoms with Gasteiger partial charge in [0.25, 0.3) is 0 Å². The van der Waals surface area contributed by atoms with E-state index in [4.69, 9.17) is 16.1 Å². The number of hydrogen-bond acceptors (Lipinski definition) is 4. The van der Waals surface area contributed by atoms with Crippen LogP contribution in [0.5, 0.6) is 0 Å². The van der Waals surface area contributed by atoms with E-state index in [2.05, 4.69) is 24.0 Å². The van der Waals surface area contributed by atoms with Gasteiger partial charge in [0.05, 0.1) is 10.8 Å². The third kappa shape index (κ3) is 4.42. The fourth-order valence-corrected chi connectivity index (χ4v) is 2.92. The van der Waals surface area contributed by atoms with Crippen LogP contribution in [0.2, 0.25) is 5.02 Å². The summed E-state index contributed by atoms with van der Waals surface area (Å²) in [5.74, 6) is 1.89. The van der Waals surface area contributed by atoms with Gasteiger partial charge in [-0.3, -0.25) is 4.21 Å². The summed E-state index contributed by atoms with van der Waals surface area (Å²) >= 11 is 5.88. The minimum atomic E-state index is -1.22. The van der Waals surface area contributed by atoms with Gasteiger partial charge in [-0.2, -0.15) is 4.98 Å². The molecule has 6 heteroatoms. The van der Waals surface area contributed by atoms with Crippen LogP contribution in [0.1, 0.15) is 32.0 Å². The lowest BCUT2D eigenvalue weighted by molar-refractivity contribution is 0.382. The van der Waals surface area contributed by atoms with Gasteiger partial charge in [0.15, 0.2) is 5.82 Å². The highest BCUT2D eigenvalue weighted by Gasteiger charge is 2.12. The molecule has 0 aliphatic rings. The zero-order chi connectivity index (χ0) is 14.5. The van der Waals surface area contributed by atoms with Crippen molar-refractivity contribution >= 4 is 22.4 Å². The van der Waals surface area contributed by atoms with E-state index in [1.807, 2.05) is 0 Å². The number of benzene rings is 1. The van der Waals surface area contributed by atoms with Gasteiger partial charge in [-0.25, -0.2) is 0 Å². The van der Waals surface area contributed by atoms with E-state index in [9.17, 15) is 4.21 Å². The Morgan fingerprint density at radius 3 is 2.90 bits per heavy atom. The van der Waals surface area contributed by atoms with Gasteiger partial charge in [-0.15, -0.1) is 0 Å².